The molecule has 122 valence electrons. The first-order chi connectivity index (χ1) is 11.0. The van der Waals surface area contributed by atoms with Gasteiger partial charge in [-0.05, 0) is 25.0 Å². The van der Waals surface area contributed by atoms with Gasteiger partial charge in [-0.15, -0.1) is 0 Å². The molecule has 0 bridgehead atoms. The van der Waals surface area contributed by atoms with Crippen molar-refractivity contribution in [3.8, 4) is 5.75 Å². The minimum atomic E-state index is -3.89. The summed E-state index contributed by atoms with van der Waals surface area (Å²) in [4.78, 5) is 10.1. The third-order valence-corrected chi connectivity index (χ3v) is 5.06. The van der Waals surface area contributed by atoms with Crippen molar-refractivity contribution < 1.29 is 13.5 Å². The van der Waals surface area contributed by atoms with Crippen LogP contribution in [0.25, 0.3) is 0 Å². The number of sulfonamides is 1. The van der Waals surface area contributed by atoms with Crippen molar-refractivity contribution in [1.29, 1.82) is 0 Å². The van der Waals surface area contributed by atoms with Gasteiger partial charge in [-0.3, -0.25) is 4.72 Å². The molecule has 0 unspecified atom stereocenters. The van der Waals surface area contributed by atoms with Crippen molar-refractivity contribution in [3.05, 3.63) is 35.6 Å². The topological polar surface area (TPSA) is 95.4 Å². The van der Waals surface area contributed by atoms with Gasteiger partial charge in [0.2, 0.25) is 0 Å². The van der Waals surface area contributed by atoms with Crippen LogP contribution in [0.4, 0.5) is 11.6 Å². The number of halogens is 1. The lowest BCUT2D eigenvalue weighted by Crippen LogP contribution is -2.19. The van der Waals surface area contributed by atoms with Gasteiger partial charge in [0.25, 0.3) is 10.0 Å². The largest absolute Gasteiger partial charge is 0.504 e. The van der Waals surface area contributed by atoms with Gasteiger partial charge in [-0.2, -0.15) is 0 Å². The van der Waals surface area contributed by atoms with E-state index in [0.29, 0.717) is 0 Å². The standard InChI is InChI=1S/C14H15ClN4O3S/c15-10-7-12(20)14(17-8-10)18-23(21,22)11-3-4-13(16-9-11)19-5-1-2-6-19/h3-4,7-9,20H,1-2,5-6H2,(H,17,18). The molecule has 3 rings (SSSR count). The molecule has 1 aliphatic heterocycles. The van der Waals surface area contributed by atoms with E-state index in [0.717, 1.165) is 31.7 Å². The molecule has 1 fully saturated rings. The molecular weight excluding hydrogens is 340 g/mol. The zero-order chi connectivity index (χ0) is 16.4. The molecule has 1 saturated heterocycles. The average Bonchev–Trinajstić information content (AvgIpc) is 3.05. The van der Waals surface area contributed by atoms with Gasteiger partial charge in [-0.25, -0.2) is 18.4 Å². The van der Waals surface area contributed by atoms with E-state index in [1.54, 1.807) is 6.07 Å². The van der Waals surface area contributed by atoms with Crippen LogP contribution in [0, 0.1) is 0 Å². The SMILES string of the molecule is O=S(=O)(Nc1ncc(Cl)cc1O)c1ccc(N2CCCC2)nc1. The summed E-state index contributed by atoms with van der Waals surface area (Å²) in [7, 11) is -3.89. The number of aromatic hydroxyl groups is 1. The number of hydrogen-bond acceptors (Lipinski definition) is 6. The van der Waals surface area contributed by atoms with Crippen LogP contribution < -0.4 is 9.62 Å². The van der Waals surface area contributed by atoms with Gasteiger partial charge in [0.1, 0.15) is 10.7 Å². The highest BCUT2D eigenvalue weighted by Crippen LogP contribution is 2.26. The van der Waals surface area contributed by atoms with Gasteiger partial charge in [0.15, 0.2) is 11.6 Å². The maximum absolute atomic E-state index is 12.3. The van der Waals surface area contributed by atoms with Crippen molar-refractivity contribution in [2.24, 2.45) is 0 Å². The molecule has 0 atom stereocenters. The van der Waals surface area contributed by atoms with Gasteiger partial charge >= 0.3 is 0 Å². The fraction of sp³-hybridized carbons (Fsp3) is 0.286. The van der Waals surface area contributed by atoms with Crippen molar-refractivity contribution in [2.45, 2.75) is 17.7 Å². The minimum absolute atomic E-state index is 0.00315. The molecular formula is C14H15ClN4O3S. The summed E-state index contributed by atoms with van der Waals surface area (Å²) >= 11 is 5.67. The molecule has 23 heavy (non-hydrogen) atoms. The summed E-state index contributed by atoms with van der Waals surface area (Å²) in [5, 5.41) is 9.90. The molecule has 0 amide bonds. The number of anilines is 2. The van der Waals surface area contributed by atoms with Crippen LogP contribution in [-0.2, 0) is 10.0 Å². The third-order valence-electron chi connectivity index (χ3n) is 3.53. The van der Waals surface area contributed by atoms with E-state index < -0.39 is 10.0 Å². The van der Waals surface area contributed by atoms with E-state index in [4.69, 9.17) is 11.6 Å². The van der Waals surface area contributed by atoms with E-state index in [2.05, 4.69) is 19.6 Å². The van der Waals surface area contributed by atoms with Crippen LogP contribution >= 0.6 is 11.6 Å². The van der Waals surface area contributed by atoms with E-state index >= 15 is 0 Å². The molecule has 0 spiro atoms. The third kappa shape index (κ3) is 3.48. The molecule has 0 saturated carbocycles. The zero-order valence-corrected chi connectivity index (χ0v) is 13.7. The number of pyridine rings is 2. The highest BCUT2D eigenvalue weighted by atomic mass is 35.5. The second-order valence-electron chi connectivity index (χ2n) is 5.17. The number of nitrogens with one attached hydrogen (secondary N) is 1. The van der Waals surface area contributed by atoms with Gasteiger partial charge < -0.3 is 10.0 Å². The fourth-order valence-electron chi connectivity index (χ4n) is 2.36. The first-order valence-electron chi connectivity index (χ1n) is 7.04. The maximum atomic E-state index is 12.3. The monoisotopic (exact) mass is 354 g/mol. The normalized spacial score (nSPS) is 14.9. The highest BCUT2D eigenvalue weighted by Gasteiger charge is 2.19. The number of rotatable bonds is 4. The summed E-state index contributed by atoms with van der Waals surface area (Å²) in [6.07, 6.45) is 4.77. The van der Waals surface area contributed by atoms with Crippen molar-refractivity contribution in [2.75, 3.05) is 22.7 Å². The Morgan fingerprint density at radius 2 is 1.91 bits per heavy atom. The number of aromatic nitrogens is 2. The first kappa shape index (κ1) is 15.8. The first-order valence-corrected chi connectivity index (χ1v) is 8.90. The number of hydrogen-bond donors (Lipinski definition) is 2. The molecule has 7 nitrogen and oxygen atoms in total. The van der Waals surface area contributed by atoms with Gasteiger partial charge in [0.05, 0.1) is 5.02 Å². The van der Waals surface area contributed by atoms with Crippen LogP contribution in [0.5, 0.6) is 5.75 Å². The van der Waals surface area contributed by atoms with Gasteiger partial charge in [0, 0.05) is 31.5 Å². The van der Waals surface area contributed by atoms with E-state index in [-0.39, 0.29) is 21.5 Å². The van der Waals surface area contributed by atoms with Gasteiger partial charge in [-0.1, -0.05) is 11.6 Å². The van der Waals surface area contributed by atoms with Crippen molar-refractivity contribution >= 4 is 33.3 Å². The molecule has 0 aliphatic carbocycles. The highest BCUT2D eigenvalue weighted by molar-refractivity contribution is 7.92. The Bertz CT molecular complexity index is 805. The minimum Gasteiger partial charge on any atom is -0.504 e. The van der Waals surface area contributed by atoms with Crippen LogP contribution in [0.15, 0.2) is 35.5 Å². The quantitative estimate of drug-likeness (QED) is 0.874. The summed E-state index contributed by atoms with van der Waals surface area (Å²) in [6.45, 7) is 1.86. The second kappa shape index (κ2) is 6.21. The Hall–Kier alpha value is -2.06. The Balaban J connectivity index is 1.81. The molecule has 1 aliphatic rings. The number of nitrogens with zero attached hydrogens (tertiary/aromatic N) is 3. The van der Waals surface area contributed by atoms with Crippen LogP contribution in [0.1, 0.15) is 12.8 Å². The predicted octanol–water partition coefficient (Wildman–Crippen LogP) is 2.24. The fourth-order valence-corrected chi connectivity index (χ4v) is 3.48. The zero-order valence-electron chi connectivity index (χ0n) is 12.1. The Morgan fingerprint density at radius 1 is 1.17 bits per heavy atom. The second-order valence-corrected chi connectivity index (χ2v) is 7.29. The molecule has 2 aromatic heterocycles. The lowest BCUT2D eigenvalue weighted by molar-refractivity contribution is 0.475. The molecule has 3 heterocycles. The molecule has 0 radical (unpaired) electrons. The predicted molar refractivity (Wildman–Crippen MR) is 87.4 cm³/mol. The van der Waals surface area contributed by atoms with Crippen LogP contribution in [-0.4, -0.2) is 36.6 Å². The maximum Gasteiger partial charge on any atom is 0.264 e. The summed E-state index contributed by atoms with van der Waals surface area (Å²) in [6, 6.07) is 4.37. The smallest absolute Gasteiger partial charge is 0.264 e. The summed E-state index contributed by atoms with van der Waals surface area (Å²) in [5.41, 5.74) is 0. The van der Waals surface area contributed by atoms with Crippen LogP contribution in [0.2, 0.25) is 5.02 Å². The van der Waals surface area contributed by atoms with Crippen molar-refractivity contribution in [1.82, 2.24) is 9.97 Å². The van der Waals surface area contributed by atoms with E-state index in [1.165, 1.54) is 24.5 Å². The molecule has 9 heteroatoms. The lowest BCUT2D eigenvalue weighted by Gasteiger charge is -2.16. The lowest BCUT2D eigenvalue weighted by atomic mass is 10.4. The van der Waals surface area contributed by atoms with E-state index in [1.807, 2.05) is 0 Å². The van der Waals surface area contributed by atoms with Crippen LogP contribution in [0.3, 0.4) is 0 Å². The summed E-state index contributed by atoms with van der Waals surface area (Å²) in [5.74, 6) is 0.231. The molecule has 2 N–H and O–H groups in total. The Kier molecular flexibility index (Phi) is 4.27. The Labute approximate surface area is 139 Å². The molecule has 2 aromatic rings. The Morgan fingerprint density at radius 3 is 2.52 bits per heavy atom. The average molecular weight is 355 g/mol. The van der Waals surface area contributed by atoms with E-state index in [9.17, 15) is 13.5 Å². The molecule has 0 aromatic carbocycles. The summed E-state index contributed by atoms with van der Waals surface area (Å²) < 4.78 is 26.9. The van der Waals surface area contributed by atoms with Crippen molar-refractivity contribution in [3.63, 3.8) is 0 Å².